The van der Waals surface area contributed by atoms with Gasteiger partial charge in [0.2, 0.25) is 5.82 Å². The Morgan fingerprint density at radius 3 is 2.17 bits per heavy atom. The Balaban J connectivity index is 0.00000127. The van der Waals surface area contributed by atoms with Crippen molar-refractivity contribution in [2.45, 2.75) is 20.0 Å². The highest BCUT2D eigenvalue weighted by atomic mass is 35.5. The number of alkyl halides is 3. The molecule has 2 aromatic rings. The highest BCUT2D eigenvalue weighted by Crippen LogP contribution is 2.27. The van der Waals surface area contributed by atoms with Gasteiger partial charge in [0.15, 0.2) is 0 Å². The van der Waals surface area contributed by atoms with E-state index in [0.29, 0.717) is 0 Å². The van der Waals surface area contributed by atoms with E-state index in [4.69, 9.17) is 11.6 Å². The second kappa shape index (κ2) is 7.87. The van der Waals surface area contributed by atoms with E-state index in [1.54, 1.807) is 0 Å². The Morgan fingerprint density at radius 2 is 1.70 bits per heavy atom. The maximum atomic E-state index is 12.4. The number of methoxy groups -OCH3 is 1. The van der Waals surface area contributed by atoms with Crippen molar-refractivity contribution in [3.8, 4) is 11.3 Å². The fourth-order valence-corrected chi connectivity index (χ4v) is 1.65. The van der Waals surface area contributed by atoms with E-state index in [9.17, 15) is 18.0 Å². The fraction of sp³-hybridized carbons (Fsp3) is 0.286. The number of carbonyl (C=O) groups excluding carboxylic acids is 1. The Hall–Kier alpha value is -2.22. The van der Waals surface area contributed by atoms with Gasteiger partial charge in [-0.25, -0.2) is 14.8 Å². The van der Waals surface area contributed by atoms with Gasteiger partial charge in [-0.05, 0) is 6.07 Å². The third kappa shape index (κ3) is 4.62. The van der Waals surface area contributed by atoms with E-state index in [0.717, 1.165) is 12.4 Å². The van der Waals surface area contributed by atoms with Crippen LogP contribution in [0.15, 0.2) is 24.7 Å². The molecule has 0 bridgehead atoms. The van der Waals surface area contributed by atoms with E-state index in [1.165, 1.54) is 19.4 Å². The number of rotatable bonds is 2. The maximum Gasteiger partial charge on any atom is 0.451 e. The number of esters is 1. The number of hydrogen-bond donors (Lipinski definition) is 0. The summed E-state index contributed by atoms with van der Waals surface area (Å²) < 4.78 is 41.7. The van der Waals surface area contributed by atoms with Crippen LogP contribution in [0.3, 0.4) is 0 Å². The molecule has 0 radical (unpaired) electrons. The van der Waals surface area contributed by atoms with Gasteiger partial charge in [0, 0.05) is 24.2 Å². The fourth-order valence-electron chi connectivity index (χ4n) is 1.47. The standard InChI is InChI=1S/C12H7ClF3N3O2.C2H6/c1-21-10(20)7-2-9(17-5-8(7)13)6-3-18-11(19-4-6)12(14,15)16;1-2/h2-5H,1H3;1-2H3. The number of ether oxygens (including phenoxy) is 1. The van der Waals surface area contributed by atoms with Gasteiger partial charge in [-0.2, -0.15) is 13.2 Å². The van der Waals surface area contributed by atoms with E-state index in [1.807, 2.05) is 13.8 Å². The van der Waals surface area contributed by atoms with E-state index < -0.39 is 18.0 Å². The van der Waals surface area contributed by atoms with Gasteiger partial charge in [0.25, 0.3) is 0 Å². The lowest BCUT2D eigenvalue weighted by Crippen LogP contribution is -2.10. The quantitative estimate of drug-likeness (QED) is 0.767. The molecule has 0 amide bonds. The largest absolute Gasteiger partial charge is 0.465 e. The summed E-state index contributed by atoms with van der Waals surface area (Å²) in [7, 11) is 1.18. The molecule has 23 heavy (non-hydrogen) atoms. The Morgan fingerprint density at radius 1 is 1.13 bits per heavy atom. The van der Waals surface area contributed by atoms with Gasteiger partial charge in [-0.15, -0.1) is 0 Å². The van der Waals surface area contributed by atoms with Crippen molar-refractivity contribution in [2.75, 3.05) is 7.11 Å². The molecule has 2 heterocycles. The minimum atomic E-state index is -4.62. The average Bonchev–Trinajstić information content (AvgIpc) is 2.56. The summed E-state index contributed by atoms with van der Waals surface area (Å²) in [5, 5.41) is 0.0680. The van der Waals surface area contributed by atoms with E-state index in [2.05, 4.69) is 19.7 Å². The number of pyridine rings is 1. The van der Waals surface area contributed by atoms with Gasteiger partial charge in [0.1, 0.15) is 0 Å². The van der Waals surface area contributed by atoms with Crippen LogP contribution in [0.1, 0.15) is 30.0 Å². The Bertz CT molecular complexity index is 676. The molecular formula is C14H13ClF3N3O2. The zero-order valence-corrected chi connectivity index (χ0v) is 13.2. The van der Waals surface area contributed by atoms with Crippen LogP contribution in [0.2, 0.25) is 5.02 Å². The molecule has 0 aliphatic rings. The molecule has 0 aromatic carbocycles. The first-order chi connectivity index (χ1) is 10.8. The van der Waals surface area contributed by atoms with Crippen molar-refractivity contribution < 1.29 is 22.7 Å². The first-order valence-electron chi connectivity index (χ1n) is 6.46. The van der Waals surface area contributed by atoms with Crippen LogP contribution in [-0.2, 0) is 10.9 Å². The third-order valence-electron chi connectivity index (χ3n) is 2.46. The molecule has 0 aliphatic heterocycles. The van der Waals surface area contributed by atoms with Gasteiger partial charge in [0.05, 0.1) is 23.4 Å². The molecule has 0 spiro atoms. The van der Waals surface area contributed by atoms with Crippen LogP contribution in [-0.4, -0.2) is 28.0 Å². The number of hydrogen-bond acceptors (Lipinski definition) is 5. The Kier molecular flexibility index (Phi) is 6.44. The number of aromatic nitrogens is 3. The molecule has 124 valence electrons. The van der Waals surface area contributed by atoms with Gasteiger partial charge >= 0.3 is 12.1 Å². The molecule has 0 aliphatic carbocycles. The normalized spacial score (nSPS) is 10.6. The third-order valence-corrected chi connectivity index (χ3v) is 2.76. The highest BCUT2D eigenvalue weighted by Gasteiger charge is 2.34. The molecule has 0 saturated carbocycles. The van der Waals surface area contributed by atoms with Crippen molar-refractivity contribution in [2.24, 2.45) is 0 Å². The SMILES string of the molecule is CC.COC(=O)c1cc(-c2cnc(C(F)(F)F)nc2)ncc1Cl. The van der Waals surface area contributed by atoms with Crippen LogP contribution < -0.4 is 0 Å². The summed E-state index contributed by atoms with van der Waals surface area (Å²) in [6.45, 7) is 4.00. The lowest BCUT2D eigenvalue weighted by Gasteiger charge is -2.07. The van der Waals surface area contributed by atoms with Gasteiger partial charge in [-0.3, -0.25) is 4.98 Å². The monoisotopic (exact) mass is 347 g/mol. The van der Waals surface area contributed by atoms with Crippen molar-refractivity contribution >= 4 is 17.6 Å². The summed E-state index contributed by atoms with van der Waals surface area (Å²) >= 11 is 5.80. The molecule has 0 N–H and O–H groups in total. The molecule has 2 aromatic heterocycles. The van der Waals surface area contributed by atoms with E-state index in [-0.39, 0.29) is 21.8 Å². The topological polar surface area (TPSA) is 65.0 Å². The summed E-state index contributed by atoms with van der Waals surface area (Å²) in [4.78, 5) is 21.8. The second-order valence-electron chi connectivity index (χ2n) is 3.83. The first-order valence-corrected chi connectivity index (χ1v) is 6.84. The molecule has 2 rings (SSSR count). The van der Waals surface area contributed by atoms with Crippen LogP contribution in [0.25, 0.3) is 11.3 Å². The van der Waals surface area contributed by atoms with Crippen LogP contribution in [0.5, 0.6) is 0 Å². The molecule has 5 nitrogen and oxygen atoms in total. The minimum absolute atomic E-state index is 0.0454. The van der Waals surface area contributed by atoms with Gasteiger partial charge < -0.3 is 4.74 Å². The second-order valence-corrected chi connectivity index (χ2v) is 4.24. The smallest absolute Gasteiger partial charge is 0.451 e. The van der Waals surface area contributed by atoms with Crippen LogP contribution in [0.4, 0.5) is 13.2 Å². The molecule has 0 unspecified atom stereocenters. The summed E-state index contributed by atoms with van der Waals surface area (Å²) in [5.74, 6) is -1.94. The lowest BCUT2D eigenvalue weighted by atomic mass is 10.1. The lowest BCUT2D eigenvalue weighted by molar-refractivity contribution is -0.144. The van der Waals surface area contributed by atoms with Crippen molar-refractivity contribution in [3.05, 3.63) is 41.1 Å². The highest BCUT2D eigenvalue weighted by molar-refractivity contribution is 6.33. The van der Waals surface area contributed by atoms with Crippen molar-refractivity contribution in [1.82, 2.24) is 15.0 Å². The average molecular weight is 348 g/mol. The number of carbonyl (C=O) groups is 1. The zero-order chi connectivity index (χ0) is 17.6. The summed E-state index contributed by atoms with van der Waals surface area (Å²) in [6, 6.07) is 1.29. The van der Waals surface area contributed by atoms with Gasteiger partial charge in [-0.1, -0.05) is 25.4 Å². The molecule has 0 fully saturated rings. The van der Waals surface area contributed by atoms with E-state index >= 15 is 0 Å². The van der Waals surface area contributed by atoms with Crippen LogP contribution in [0, 0.1) is 0 Å². The van der Waals surface area contributed by atoms with Crippen molar-refractivity contribution in [1.29, 1.82) is 0 Å². The predicted octanol–water partition coefficient (Wildman–Crippen LogP) is 4.02. The summed E-state index contributed by atoms with van der Waals surface area (Å²) in [6.07, 6.45) is -1.50. The molecular weight excluding hydrogens is 335 g/mol. The maximum absolute atomic E-state index is 12.4. The first kappa shape index (κ1) is 18.8. The summed E-state index contributed by atoms with van der Waals surface area (Å²) in [5.41, 5.74) is 0.461. The molecule has 0 atom stereocenters. The molecule has 0 saturated heterocycles. The number of nitrogens with zero attached hydrogens (tertiary/aromatic N) is 3. The zero-order valence-electron chi connectivity index (χ0n) is 12.5. The minimum Gasteiger partial charge on any atom is -0.465 e. The van der Waals surface area contributed by atoms with Crippen molar-refractivity contribution in [3.63, 3.8) is 0 Å². The Labute approximate surface area is 135 Å². The number of halogens is 4. The predicted molar refractivity (Wildman–Crippen MR) is 78.0 cm³/mol. The molecule has 9 heteroatoms. The van der Waals surface area contributed by atoms with Crippen LogP contribution >= 0.6 is 11.6 Å².